The van der Waals surface area contributed by atoms with E-state index in [4.69, 9.17) is 4.74 Å². The zero-order valence-electron chi connectivity index (χ0n) is 15.7. The molecule has 0 unspecified atom stereocenters. The molecule has 0 saturated carbocycles. The summed E-state index contributed by atoms with van der Waals surface area (Å²) in [6, 6.07) is 10.4. The Balaban J connectivity index is 0.00000338. The van der Waals surface area contributed by atoms with Gasteiger partial charge in [0.2, 0.25) is 0 Å². The Hall–Kier alpha value is -1.48. The predicted octanol–water partition coefficient (Wildman–Crippen LogP) is 3.78. The van der Waals surface area contributed by atoms with Crippen molar-refractivity contribution in [3.8, 4) is 5.75 Å². The van der Waals surface area contributed by atoms with E-state index in [1.807, 2.05) is 37.9 Å². The molecule has 5 nitrogen and oxygen atoms in total. The number of aryl methyl sites for hydroxylation is 1. The molecule has 0 aliphatic heterocycles. The third-order valence-electron chi connectivity index (χ3n) is 3.80. The highest BCUT2D eigenvalue weighted by atomic mass is 127. The summed E-state index contributed by atoms with van der Waals surface area (Å²) in [4.78, 5) is 10.0. The lowest BCUT2D eigenvalue weighted by Gasteiger charge is -2.15. The standard InChI is InChI=1S/C19H26N4OS.HI/c1-14-12-22-17(15(2)18(14)24-4)13-23-19(20-3)21-10-11-25-16-8-6-5-7-9-16;/h5-9,12H,10-11,13H2,1-4H3,(H2,20,21,23);1H. The first-order valence-corrected chi connectivity index (χ1v) is 9.25. The maximum absolute atomic E-state index is 5.45. The van der Waals surface area contributed by atoms with Gasteiger partial charge in [0.25, 0.3) is 0 Å². The first-order valence-electron chi connectivity index (χ1n) is 8.27. The van der Waals surface area contributed by atoms with Crippen molar-refractivity contribution in [2.24, 2.45) is 4.99 Å². The van der Waals surface area contributed by atoms with Crippen LogP contribution in [0.25, 0.3) is 0 Å². The van der Waals surface area contributed by atoms with Crippen LogP contribution in [0.4, 0.5) is 0 Å². The number of pyridine rings is 1. The average molecular weight is 486 g/mol. The van der Waals surface area contributed by atoms with Crippen molar-refractivity contribution in [3.05, 3.63) is 53.3 Å². The van der Waals surface area contributed by atoms with E-state index in [1.165, 1.54) is 4.90 Å². The van der Waals surface area contributed by atoms with Gasteiger partial charge in [-0.2, -0.15) is 0 Å². The van der Waals surface area contributed by atoms with Crippen LogP contribution in [-0.4, -0.2) is 37.4 Å². The normalized spacial score (nSPS) is 10.8. The van der Waals surface area contributed by atoms with E-state index in [0.29, 0.717) is 6.54 Å². The Morgan fingerprint density at radius 3 is 2.58 bits per heavy atom. The summed E-state index contributed by atoms with van der Waals surface area (Å²) in [6.45, 7) is 5.47. The van der Waals surface area contributed by atoms with E-state index in [2.05, 4.69) is 44.9 Å². The van der Waals surface area contributed by atoms with Crippen LogP contribution in [0.15, 0.2) is 46.4 Å². The molecule has 26 heavy (non-hydrogen) atoms. The van der Waals surface area contributed by atoms with Gasteiger partial charge in [0, 0.05) is 41.6 Å². The van der Waals surface area contributed by atoms with Gasteiger partial charge < -0.3 is 15.4 Å². The highest BCUT2D eigenvalue weighted by Crippen LogP contribution is 2.23. The minimum atomic E-state index is 0. The Morgan fingerprint density at radius 1 is 1.19 bits per heavy atom. The predicted molar refractivity (Wildman–Crippen MR) is 121 cm³/mol. The molecular weight excluding hydrogens is 459 g/mol. The van der Waals surface area contributed by atoms with Crippen molar-refractivity contribution >= 4 is 41.7 Å². The minimum Gasteiger partial charge on any atom is -0.496 e. The van der Waals surface area contributed by atoms with E-state index in [0.717, 1.165) is 40.8 Å². The molecule has 0 bridgehead atoms. The second-order valence-corrected chi connectivity index (χ2v) is 6.73. The van der Waals surface area contributed by atoms with Crippen LogP contribution in [0.5, 0.6) is 5.75 Å². The molecule has 2 aromatic rings. The number of rotatable bonds is 7. The van der Waals surface area contributed by atoms with Gasteiger partial charge in [-0.15, -0.1) is 35.7 Å². The molecule has 0 aliphatic rings. The number of nitrogens with zero attached hydrogens (tertiary/aromatic N) is 2. The summed E-state index contributed by atoms with van der Waals surface area (Å²) in [5.74, 6) is 2.64. The van der Waals surface area contributed by atoms with E-state index < -0.39 is 0 Å². The van der Waals surface area contributed by atoms with Crippen molar-refractivity contribution in [1.29, 1.82) is 0 Å². The number of ether oxygens (including phenoxy) is 1. The van der Waals surface area contributed by atoms with Crippen LogP contribution in [0.2, 0.25) is 0 Å². The molecule has 2 N–H and O–H groups in total. The van der Waals surface area contributed by atoms with Crippen LogP contribution in [0, 0.1) is 13.8 Å². The number of aromatic nitrogens is 1. The summed E-state index contributed by atoms with van der Waals surface area (Å²) in [6.07, 6.45) is 1.84. The number of aliphatic imine (C=N–C) groups is 1. The van der Waals surface area contributed by atoms with Crippen molar-refractivity contribution < 1.29 is 4.74 Å². The van der Waals surface area contributed by atoms with Crippen molar-refractivity contribution in [1.82, 2.24) is 15.6 Å². The molecule has 7 heteroatoms. The second-order valence-electron chi connectivity index (χ2n) is 5.56. The van der Waals surface area contributed by atoms with Crippen LogP contribution in [0.1, 0.15) is 16.8 Å². The molecule has 1 aromatic heterocycles. The highest BCUT2D eigenvalue weighted by Gasteiger charge is 2.09. The van der Waals surface area contributed by atoms with Gasteiger partial charge in [0.15, 0.2) is 5.96 Å². The quantitative estimate of drug-likeness (QED) is 0.205. The molecule has 1 aromatic carbocycles. The molecule has 2 rings (SSSR count). The summed E-state index contributed by atoms with van der Waals surface area (Å²) >= 11 is 1.82. The van der Waals surface area contributed by atoms with E-state index >= 15 is 0 Å². The zero-order chi connectivity index (χ0) is 18.1. The van der Waals surface area contributed by atoms with Gasteiger partial charge in [0.05, 0.1) is 19.3 Å². The number of halogens is 1. The van der Waals surface area contributed by atoms with Gasteiger partial charge in [-0.3, -0.25) is 9.98 Å². The summed E-state index contributed by atoms with van der Waals surface area (Å²) in [5, 5.41) is 6.64. The number of hydrogen-bond donors (Lipinski definition) is 2. The fourth-order valence-corrected chi connectivity index (χ4v) is 3.28. The number of nitrogens with one attached hydrogen (secondary N) is 2. The monoisotopic (exact) mass is 486 g/mol. The number of guanidine groups is 1. The molecule has 0 amide bonds. The van der Waals surface area contributed by atoms with Crippen molar-refractivity contribution in [2.45, 2.75) is 25.3 Å². The third kappa shape index (κ3) is 6.68. The average Bonchev–Trinajstić information content (AvgIpc) is 2.64. The maximum Gasteiger partial charge on any atom is 0.191 e. The summed E-state index contributed by atoms with van der Waals surface area (Å²) in [5.41, 5.74) is 3.07. The van der Waals surface area contributed by atoms with Crippen LogP contribution < -0.4 is 15.4 Å². The first-order chi connectivity index (χ1) is 12.2. The fraction of sp³-hybridized carbons (Fsp3) is 0.368. The molecule has 142 valence electrons. The van der Waals surface area contributed by atoms with E-state index in [9.17, 15) is 0 Å². The molecular formula is C19H27IN4OS. The van der Waals surface area contributed by atoms with Crippen molar-refractivity contribution in [3.63, 3.8) is 0 Å². The largest absolute Gasteiger partial charge is 0.496 e. The van der Waals surface area contributed by atoms with Gasteiger partial charge in [-0.1, -0.05) is 18.2 Å². The SMILES string of the molecule is CN=C(NCCSc1ccccc1)NCc1ncc(C)c(OC)c1C.I. The van der Waals surface area contributed by atoms with Crippen molar-refractivity contribution in [2.75, 3.05) is 26.5 Å². The Kier molecular flexibility index (Phi) is 10.4. The summed E-state index contributed by atoms with van der Waals surface area (Å²) in [7, 11) is 3.47. The van der Waals surface area contributed by atoms with Crippen LogP contribution >= 0.6 is 35.7 Å². The smallest absolute Gasteiger partial charge is 0.191 e. The fourth-order valence-electron chi connectivity index (χ4n) is 2.49. The molecule has 0 aliphatic carbocycles. The lowest BCUT2D eigenvalue weighted by atomic mass is 10.1. The molecule has 1 heterocycles. The van der Waals surface area contributed by atoms with E-state index in [1.54, 1.807) is 14.2 Å². The highest BCUT2D eigenvalue weighted by molar-refractivity contribution is 14.0. The number of methoxy groups -OCH3 is 1. The Bertz CT molecular complexity index is 710. The van der Waals surface area contributed by atoms with Crippen LogP contribution in [-0.2, 0) is 6.54 Å². The molecule has 0 fully saturated rings. The summed E-state index contributed by atoms with van der Waals surface area (Å²) < 4.78 is 5.45. The lowest BCUT2D eigenvalue weighted by Crippen LogP contribution is -2.38. The topological polar surface area (TPSA) is 58.5 Å². The van der Waals surface area contributed by atoms with Gasteiger partial charge >= 0.3 is 0 Å². The molecule has 0 atom stereocenters. The number of hydrogen-bond acceptors (Lipinski definition) is 4. The molecule has 0 saturated heterocycles. The lowest BCUT2D eigenvalue weighted by molar-refractivity contribution is 0.406. The number of thioether (sulfide) groups is 1. The van der Waals surface area contributed by atoms with Gasteiger partial charge in [-0.25, -0.2) is 0 Å². The van der Waals surface area contributed by atoms with E-state index in [-0.39, 0.29) is 24.0 Å². The third-order valence-corrected chi connectivity index (χ3v) is 4.82. The minimum absolute atomic E-state index is 0. The van der Waals surface area contributed by atoms with Crippen LogP contribution in [0.3, 0.4) is 0 Å². The second kappa shape index (κ2) is 12.0. The molecule has 0 spiro atoms. The molecule has 0 radical (unpaired) electrons. The number of benzene rings is 1. The maximum atomic E-state index is 5.45. The Labute approximate surface area is 177 Å². The Morgan fingerprint density at radius 2 is 1.92 bits per heavy atom. The van der Waals surface area contributed by atoms with Gasteiger partial charge in [-0.05, 0) is 26.0 Å². The first kappa shape index (κ1) is 22.6. The zero-order valence-corrected chi connectivity index (χ0v) is 18.9. The van der Waals surface area contributed by atoms with Gasteiger partial charge in [0.1, 0.15) is 5.75 Å².